The fourth-order valence-electron chi connectivity index (χ4n) is 1.38. The van der Waals surface area contributed by atoms with Crippen molar-refractivity contribution in [3.8, 4) is 0 Å². The Bertz CT molecular complexity index is 370. The highest BCUT2D eigenvalue weighted by molar-refractivity contribution is 14.0. The van der Waals surface area contributed by atoms with Gasteiger partial charge in [-0.2, -0.15) is 4.98 Å². The van der Waals surface area contributed by atoms with Crippen molar-refractivity contribution in [3.63, 3.8) is 0 Å². The second-order valence-corrected chi connectivity index (χ2v) is 3.76. The number of methoxy groups -OCH3 is 1. The Morgan fingerprint density at radius 3 is 2.68 bits per heavy atom. The molecule has 0 bridgehead atoms. The van der Waals surface area contributed by atoms with Crippen LogP contribution < -0.4 is 10.6 Å². The topological polar surface area (TPSA) is 84.6 Å². The second kappa shape index (κ2) is 11.0. The van der Waals surface area contributed by atoms with Crippen LogP contribution >= 0.6 is 24.0 Å². The number of halogens is 1. The fourth-order valence-corrected chi connectivity index (χ4v) is 1.38. The molecule has 0 radical (unpaired) electrons. The summed E-state index contributed by atoms with van der Waals surface area (Å²) in [4.78, 5) is 8.24. The highest BCUT2D eigenvalue weighted by Gasteiger charge is 2.02. The van der Waals surface area contributed by atoms with Crippen molar-refractivity contribution in [2.45, 2.75) is 19.8 Å². The molecule has 1 aromatic rings. The van der Waals surface area contributed by atoms with Crippen molar-refractivity contribution in [1.29, 1.82) is 0 Å². The summed E-state index contributed by atoms with van der Waals surface area (Å²) in [5.41, 5.74) is 0. The fraction of sp³-hybridized carbons (Fsp3) is 0.727. The van der Waals surface area contributed by atoms with Crippen LogP contribution in [0, 0.1) is 6.92 Å². The third kappa shape index (κ3) is 7.98. The average Bonchev–Trinajstić information content (AvgIpc) is 2.78. The quantitative estimate of drug-likeness (QED) is 0.313. The smallest absolute Gasteiger partial charge is 0.226 e. The van der Waals surface area contributed by atoms with Crippen LogP contribution in [0.4, 0.5) is 0 Å². The van der Waals surface area contributed by atoms with Crippen molar-refractivity contribution < 1.29 is 9.26 Å². The van der Waals surface area contributed by atoms with Gasteiger partial charge in [-0.1, -0.05) is 5.16 Å². The number of aromatic nitrogens is 2. The first-order valence-electron chi connectivity index (χ1n) is 5.99. The van der Waals surface area contributed by atoms with Gasteiger partial charge in [-0.25, -0.2) is 0 Å². The largest absolute Gasteiger partial charge is 0.383 e. The lowest BCUT2D eigenvalue weighted by Crippen LogP contribution is -2.39. The minimum Gasteiger partial charge on any atom is -0.383 e. The van der Waals surface area contributed by atoms with Gasteiger partial charge in [0, 0.05) is 33.7 Å². The zero-order valence-corrected chi connectivity index (χ0v) is 13.9. The van der Waals surface area contributed by atoms with Gasteiger partial charge >= 0.3 is 0 Å². The Balaban J connectivity index is 0.00000324. The van der Waals surface area contributed by atoms with E-state index in [-0.39, 0.29) is 24.0 Å². The summed E-state index contributed by atoms with van der Waals surface area (Å²) in [6.45, 7) is 4.00. The maximum Gasteiger partial charge on any atom is 0.226 e. The van der Waals surface area contributed by atoms with Gasteiger partial charge in [0.1, 0.15) is 0 Å². The molecule has 0 saturated heterocycles. The number of rotatable bonds is 7. The Morgan fingerprint density at radius 1 is 1.37 bits per heavy atom. The predicted octanol–water partition coefficient (Wildman–Crippen LogP) is 0.740. The molecule has 1 aromatic heterocycles. The van der Waals surface area contributed by atoms with Gasteiger partial charge in [0.05, 0.1) is 6.61 Å². The molecule has 1 heterocycles. The van der Waals surface area contributed by atoms with Gasteiger partial charge < -0.3 is 19.9 Å². The monoisotopic (exact) mass is 383 g/mol. The van der Waals surface area contributed by atoms with E-state index in [0.29, 0.717) is 18.3 Å². The molecule has 0 saturated carbocycles. The van der Waals surface area contributed by atoms with Crippen LogP contribution in [0.15, 0.2) is 9.52 Å². The molecule has 7 nitrogen and oxygen atoms in total. The summed E-state index contributed by atoms with van der Waals surface area (Å²) >= 11 is 0. The molecule has 0 amide bonds. The van der Waals surface area contributed by atoms with Crippen LogP contribution in [0.2, 0.25) is 0 Å². The lowest BCUT2D eigenvalue weighted by molar-refractivity contribution is 0.203. The first-order chi connectivity index (χ1) is 8.76. The number of guanidine groups is 1. The van der Waals surface area contributed by atoms with E-state index in [1.807, 2.05) is 6.92 Å². The number of nitrogens with one attached hydrogen (secondary N) is 2. The van der Waals surface area contributed by atoms with E-state index in [1.165, 1.54) is 0 Å². The number of ether oxygens (including phenoxy) is 1. The second-order valence-electron chi connectivity index (χ2n) is 3.76. The van der Waals surface area contributed by atoms with Crippen molar-refractivity contribution in [2.75, 3.05) is 33.9 Å². The summed E-state index contributed by atoms with van der Waals surface area (Å²) in [6, 6.07) is 0. The highest BCUT2D eigenvalue weighted by Crippen LogP contribution is 1.98. The number of aliphatic imine (C=N–C) groups is 1. The van der Waals surface area contributed by atoms with Gasteiger partial charge in [-0.05, 0) is 13.3 Å². The van der Waals surface area contributed by atoms with Crippen molar-refractivity contribution in [3.05, 3.63) is 11.7 Å². The normalized spacial score (nSPS) is 11.0. The molecular formula is C11H22IN5O2. The van der Waals surface area contributed by atoms with Crippen LogP contribution in [0.1, 0.15) is 18.1 Å². The van der Waals surface area contributed by atoms with E-state index >= 15 is 0 Å². The summed E-state index contributed by atoms with van der Waals surface area (Å²) in [7, 11) is 3.41. The average molecular weight is 383 g/mol. The standard InChI is InChI=1S/C11H21N5O2.HI/c1-9-15-10(18-16-9)5-4-6-13-11(12-2)14-7-8-17-3;/h4-8H2,1-3H3,(H2,12,13,14);1H. The lowest BCUT2D eigenvalue weighted by atomic mass is 10.3. The van der Waals surface area contributed by atoms with Gasteiger partial charge in [0.25, 0.3) is 0 Å². The molecule has 0 aliphatic carbocycles. The molecular weight excluding hydrogens is 361 g/mol. The molecule has 8 heteroatoms. The predicted molar refractivity (Wildman–Crippen MR) is 84.0 cm³/mol. The van der Waals surface area contributed by atoms with Crippen LogP contribution in [0.25, 0.3) is 0 Å². The van der Waals surface area contributed by atoms with Crippen LogP contribution in [-0.4, -0.2) is 50.0 Å². The van der Waals surface area contributed by atoms with E-state index in [1.54, 1.807) is 14.2 Å². The number of nitrogens with zero attached hydrogens (tertiary/aromatic N) is 3. The zero-order valence-electron chi connectivity index (χ0n) is 11.6. The maximum absolute atomic E-state index is 5.03. The Labute approximate surface area is 130 Å². The van der Waals surface area contributed by atoms with Crippen LogP contribution in [0.5, 0.6) is 0 Å². The molecule has 110 valence electrons. The number of hydrogen-bond donors (Lipinski definition) is 2. The molecule has 1 rings (SSSR count). The summed E-state index contributed by atoms with van der Waals surface area (Å²) in [6.07, 6.45) is 1.68. The van der Waals surface area contributed by atoms with E-state index in [2.05, 4.69) is 25.8 Å². The van der Waals surface area contributed by atoms with Crippen LogP contribution in [0.3, 0.4) is 0 Å². The highest BCUT2D eigenvalue weighted by atomic mass is 127. The molecule has 0 spiro atoms. The minimum absolute atomic E-state index is 0. The SMILES string of the molecule is CN=C(NCCCc1nc(C)no1)NCCOC.I. The lowest BCUT2D eigenvalue weighted by Gasteiger charge is -2.10. The summed E-state index contributed by atoms with van der Waals surface area (Å²) in [5, 5.41) is 10.1. The van der Waals surface area contributed by atoms with E-state index in [9.17, 15) is 0 Å². The molecule has 2 N–H and O–H groups in total. The number of aryl methyl sites for hydroxylation is 2. The maximum atomic E-state index is 5.03. The Hall–Kier alpha value is -0.900. The molecule has 0 aliphatic rings. The molecule has 0 atom stereocenters. The van der Waals surface area contributed by atoms with E-state index in [4.69, 9.17) is 9.26 Å². The van der Waals surface area contributed by atoms with E-state index in [0.717, 1.165) is 31.9 Å². The van der Waals surface area contributed by atoms with Crippen molar-refractivity contribution >= 4 is 29.9 Å². The molecule has 0 aliphatic heterocycles. The van der Waals surface area contributed by atoms with Gasteiger partial charge in [0.15, 0.2) is 11.8 Å². The van der Waals surface area contributed by atoms with Crippen molar-refractivity contribution in [1.82, 2.24) is 20.8 Å². The van der Waals surface area contributed by atoms with Crippen LogP contribution in [-0.2, 0) is 11.2 Å². The number of hydrogen-bond acceptors (Lipinski definition) is 5. The van der Waals surface area contributed by atoms with Gasteiger partial charge in [-0.15, -0.1) is 24.0 Å². The molecule has 0 unspecified atom stereocenters. The third-order valence-corrected chi connectivity index (χ3v) is 2.25. The third-order valence-electron chi connectivity index (χ3n) is 2.25. The minimum atomic E-state index is 0. The van der Waals surface area contributed by atoms with Gasteiger partial charge in [0.2, 0.25) is 5.89 Å². The Morgan fingerprint density at radius 2 is 2.11 bits per heavy atom. The van der Waals surface area contributed by atoms with Crippen molar-refractivity contribution in [2.24, 2.45) is 4.99 Å². The zero-order chi connectivity index (χ0) is 13.2. The summed E-state index contributed by atoms with van der Waals surface area (Å²) < 4.78 is 9.98. The van der Waals surface area contributed by atoms with Gasteiger partial charge in [-0.3, -0.25) is 4.99 Å². The molecule has 0 fully saturated rings. The van der Waals surface area contributed by atoms with E-state index < -0.39 is 0 Å². The first-order valence-corrected chi connectivity index (χ1v) is 5.99. The summed E-state index contributed by atoms with van der Waals surface area (Å²) in [5.74, 6) is 2.13. The Kier molecular flexibility index (Phi) is 10.5. The molecule has 19 heavy (non-hydrogen) atoms. The first kappa shape index (κ1) is 18.1. The molecule has 0 aromatic carbocycles.